The summed E-state index contributed by atoms with van der Waals surface area (Å²) in [5.74, 6) is 0.0264. The van der Waals surface area contributed by atoms with Gasteiger partial charge in [0.1, 0.15) is 5.69 Å². The third-order valence-corrected chi connectivity index (χ3v) is 5.10. The normalized spacial score (nSPS) is 19.5. The summed E-state index contributed by atoms with van der Waals surface area (Å²) >= 11 is 0. The maximum absolute atomic E-state index is 12.8. The fraction of sp³-hybridized carbons (Fsp3) is 0.444. The minimum atomic E-state index is -0.211. The number of nitrogens with two attached hydrogens (primary N) is 1. The number of anilines is 1. The third kappa shape index (κ3) is 3.50. The Morgan fingerprint density at radius 3 is 2.60 bits per heavy atom. The van der Waals surface area contributed by atoms with Crippen LogP contribution >= 0.6 is 12.4 Å². The van der Waals surface area contributed by atoms with Crippen molar-refractivity contribution in [3.63, 3.8) is 0 Å². The molecule has 0 aliphatic heterocycles. The number of nitrogens with zero attached hydrogens (tertiary/aromatic N) is 2. The third-order valence-electron chi connectivity index (χ3n) is 5.10. The summed E-state index contributed by atoms with van der Waals surface area (Å²) in [4.78, 5) is 25.4. The van der Waals surface area contributed by atoms with Crippen molar-refractivity contribution < 1.29 is 4.79 Å². The molecule has 3 rings (SSSR count). The molecule has 1 aliphatic carbocycles. The lowest BCUT2D eigenvalue weighted by Gasteiger charge is -2.16. The number of rotatable bonds is 4. The van der Waals surface area contributed by atoms with E-state index in [0.717, 1.165) is 30.6 Å². The molecule has 1 fully saturated rings. The summed E-state index contributed by atoms with van der Waals surface area (Å²) in [6.45, 7) is 2.35. The minimum Gasteiger partial charge on any atom is -0.330 e. The highest BCUT2D eigenvalue weighted by molar-refractivity contribution is 5.93. The summed E-state index contributed by atoms with van der Waals surface area (Å²) in [5, 5.41) is 2.87. The van der Waals surface area contributed by atoms with Gasteiger partial charge in [-0.3, -0.25) is 14.3 Å². The van der Waals surface area contributed by atoms with Crippen molar-refractivity contribution in [3.8, 4) is 5.69 Å². The summed E-state index contributed by atoms with van der Waals surface area (Å²) in [5.41, 5.74) is 7.42. The van der Waals surface area contributed by atoms with Crippen LogP contribution in [0.4, 0.5) is 5.69 Å². The van der Waals surface area contributed by atoms with E-state index in [1.807, 2.05) is 44.3 Å². The fourth-order valence-electron chi connectivity index (χ4n) is 3.59. The van der Waals surface area contributed by atoms with Crippen LogP contribution in [0.15, 0.2) is 35.1 Å². The van der Waals surface area contributed by atoms with Gasteiger partial charge >= 0.3 is 0 Å². The van der Waals surface area contributed by atoms with E-state index in [9.17, 15) is 9.59 Å². The molecule has 0 saturated heterocycles. The van der Waals surface area contributed by atoms with Crippen LogP contribution in [-0.4, -0.2) is 21.8 Å². The van der Waals surface area contributed by atoms with Crippen LogP contribution in [0.3, 0.4) is 0 Å². The number of carbonyl (C=O) groups excluding carboxylic acids is 1. The maximum Gasteiger partial charge on any atom is 0.295 e. The summed E-state index contributed by atoms with van der Waals surface area (Å²) in [6, 6.07) is 9.40. The van der Waals surface area contributed by atoms with E-state index >= 15 is 0 Å². The lowest BCUT2D eigenvalue weighted by Crippen LogP contribution is -2.31. The Morgan fingerprint density at radius 1 is 1.28 bits per heavy atom. The Labute approximate surface area is 153 Å². The number of aromatic nitrogens is 2. The zero-order chi connectivity index (χ0) is 17.3. The zero-order valence-corrected chi connectivity index (χ0v) is 15.4. The molecule has 25 heavy (non-hydrogen) atoms. The van der Waals surface area contributed by atoms with Crippen LogP contribution in [0, 0.1) is 18.8 Å². The number of halogens is 1. The van der Waals surface area contributed by atoms with Gasteiger partial charge in [0.05, 0.1) is 11.4 Å². The molecule has 0 bridgehead atoms. The van der Waals surface area contributed by atoms with E-state index in [1.165, 1.54) is 0 Å². The Kier molecular flexibility index (Phi) is 6.08. The van der Waals surface area contributed by atoms with E-state index in [-0.39, 0.29) is 35.7 Å². The van der Waals surface area contributed by atoms with Gasteiger partial charge in [-0.15, -0.1) is 12.4 Å². The first kappa shape index (κ1) is 19.3. The monoisotopic (exact) mass is 364 g/mol. The first-order valence-corrected chi connectivity index (χ1v) is 8.39. The number of hydrogen-bond acceptors (Lipinski definition) is 3. The number of hydrogen-bond donors (Lipinski definition) is 2. The topological polar surface area (TPSA) is 82.1 Å². The Hall–Kier alpha value is -2.05. The highest BCUT2D eigenvalue weighted by atomic mass is 35.5. The van der Waals surface area contributed by atoms with E-state index < -0.39 is 0 Å². The first-order chi connectivity index (χ1) is 11.5. The second-order valence-corrected chi connectivity index (χ2v) is 6.46. The van der Waals surface area contributed by atoms with Crippen molar-refractivity contribution in [1.29, 1.82) is 0 Å². The predicted molar refractivity (Wildman–Crippen MR) is 102 cm³/mol. The van der Waals surface area contributed by atoms with Gasteiger partial charge in [-0.2, -0.15) is 0 Å². The molecule has 1 amide bonds. The van der Waals surface area contributed by atoms with Crippen LogP contribution < -0.4 is 16.6 Å². The molecular formula is C18H25ClN4O2. The maximum atomic E-state index is 12.8. The summed E-state index contributed by atoms with van der Waals surface area (Å²) in [7, 11) is 1.82. The SMILES string of the molecule is Cc1c(NC(=O)[C@@H]2CCC[C@@H]2CN)c(=O)n(-c2ccccc2)n1C.Cl. The second-order valence-electron chi connectivity index (χ2n) is 6.46. The van der Waals surface area contributed by atoms with E-state index in [2.05, 4.69) is 5.32 Å². The Balaban J connectivity index is 0.00000225. The molecule has 0 spiro atoms. The van der Waals surface area contributed by atoms with Gasteiger partial charge in [-0.1, -0.05) is 24.6 Å². The van der Waals surface area contributed by atoms with Crippen LogP contribution in [0.1, 0.15) is 25.0 Å². The summed E-state index contributed by atoms with van der Waals surface area (Å²) in [6.07, 6.45) is 2.84. The average molecular weight is 365 g/mol. The van der Waals surface area contributed by atoms with Crippen LogP contribution in [0.2, 0.25) is 0 Å². The number of benzene rings is 1. The Bertz CT molecular complexity index is 797. The van der Waals surface area contributed by atoms with E-state index in [1.54, 1.807) is 9.36 Å². The molecule has 1 saturated carbocycles. The summed E-state index contributed by atoms with van der Waals surface area (Å²) < 4.78 is 3.34. The number of amides is 1. The van der Waals surface area contributed by atoms with Crippen molar-refractivity contribution in [3.05, 3.63) is 46.4 Å². The zero-order valence-electron chi connectivity index (χ0n) is 14.6. The van der Waals surface area contributed by atoms with Gasteiger partial charge in [-0.05, 0) is 44.4 Å². The molecule has 1 aromatic carbocycles. The predicted octanol–water partition coefficient (Wildman–Crippen LogP) is 2.22. The van der Waals surface area contributed by atoms with Gasteiger partial charge < -0.3 is 11.1 Å². The van der Waals surface area contributed by atoms with E-state index in [0.29, 0.717) is 12.2 Å². The second kappa shape index (κ2) is 7.89. The molecule has 1 aromatic heterocycles. The van der Waals surface area contributed by atoms with Crippen molar-refractivity contribution >= 4 is 24.0 Å². The molecule has 7 heteroatoms. The average Bonchev–Trinajstić information content (AvgIpc) is 3.15. The minimum absolute atomic E-state index is 0. The first-order valence-electron chi connectivity index (χ1n) is 8.39. The molecule has 1 heterocycles. The van der Waals surface area contributed by atoms with Crippen LogP contribution in [0.5, 0.6) is 0 Å². The smallest absolute Gasteiger partial charge is 0.295 e. The molecule has 0 radical (unpaired) electrons. The molecule has 3 N–H and O–H groups in total. The number of para-hydroxylation sites is 1. The van der Waals surface area contributed by atoms with Gasteiger partial charge in [-0.25, -0.2) is 4.68 Å². The van der Waals surface area contributed by atoms with Gasteiger partial charge in [0.25, 0.3) is 5.56 Å². The highest BCUT2D eigenvalue weighted by Gasteiger charge is 2.33. The molecular weight excluding hydrogens is 340 g/mol. The standard InChI is InChI=1S/C18H24N4O2.ClH/c1-12-16(20-17(23)15-10-6-7-13(15)11-19)18(24)22(21(12)2)14-8-4-3-5-9-14;/h3-5,8-9,13,15H,6-7,10-11,19H2,1-2H3,(H,20,23);1H/t13-,15-;/m1./s1. The molecule has 0 unspecified atom stereocenters. The van der Waals surface area contributed by atoms with Crippen LogP contribution in [0.25, 0.3) is 5.69 Å². The molecule has 2 aromatic rings. The van der Waals surface area contributed by atoms with Crippen LogP contribution in [-0.2, 0) is 11.8 Å². The number of nitrogens with one attached hydrogen (secondary N) is 1. The quantitative estimate of drug-likeness (QED) is 0.872. The number of carbonyl (C=O) groups is 1. The van der Waals surface area contributed by atoms with Crippen molar-refractivity contribution in [1.82, 2.24) is 9.36 Å². The lowest BCUT2D eigenvalue weighted by molar-refractivity contribution is -0.120. The van der Waals surface area contributed by atoms with Crippen molar-refractivity contribution in [2.45, 2.75) is 26.2 Å². The fourth-order valence-corrected chi connectivity index (χ4v) is 3.59. The molecule has 136 valence electrons. The molecule has 2 atom stereocenters. The van der Waals surface area contributed by atoms with Gasteiger partial charge in [0.15, 0.2) is 0 Å². The Morgan fingerprint density at radius 2 is 1.96 bits per heavy atom. The highest BCUT2D eigenvalue weighted by Crippen LogP contribution is 2.31. The van der Waals surface area contributed by atoms with Gasteiger partial charge in [0, 0.05) is 13.0 Å². The molecule has 6 nitrogen and oxygen atoms in total. The van der Waals surface area contributed by atoms with E-state index in [4.69, 9.17) is 5.73 Å². The largest absolute Gasteiger partial charge is 0.330 e. The lowest BCUT2D eigenvalue weighted by atomic mass is 9.95. The van der Waals surface area contributed by atoms with Crippen molar-refractivity contribution in [2.24, 2.45) is 24.6 Å². The molecule has 1 aliphatic rings. The van der Waals surface area contributed by atoms with Crippen molar-refractivity contribution in [2.75, 3.05) is 11.9 Å². The van der Waals surface area contributed by atoms with Gasteiger partial charge in [0.2, 0.25) is 5.91 Å².